The molecule has 3 fully saturated rings. The maximum Gasteiger partial charge on any atom is 0.0923 e. The number of β-amino-alcohol motifs (C(OH)–C–C–N with tert-alkyl or cyclic N) is 1. The monoisotopic (exact) mass is 281 g/mol. The van der Waals surface area contributed by atoms with Crippen LogP contribution in [0.5, 0.6) is 0 Å². The molecule has 0 aromatic heterocycles. The molecule has 1 unspecified atom stereocenters. The third-order valence-electron chi connectivity index (χ3n) is 5.61. The number of likely N-dealkylation sites (tertiary alicyclic amines) is 2. The van der Waals surface area contributed by atoms with Gasteiger partial charge in [0.25, 0.3) is 0 Å². The number of hydrogen-bond acceptors (Lipinski definition) is 4. The smallest absolute Gasteiger partial charge is 0.0923 e. The molecule has 1 aliphatic carbocycles. The first-order chi connectivity index (χ1) is 9.69. The summed E-state index contributed by atoms with van der Waals surface area (Å²) in [5, 5.41) is 10.6. The fraction of sp³-hybridized carbons (Fsp3) is 1.00. The molecule has 1 saturated carbocycles. The standard InChI is InChI=1S/C16H31N3O/c17-12-16(20,15-3-4-15)13-19-9-5-14(6-10-19)11-18-7-1-2-8-18/h14-15,20H,1-13,17H2. The van der Waals surface area contributed by atoms with Crippen molar-refractivity contribution in [3.05, 3.63) is 0 Å². The van der Waals surface area contributed by atoms with Gasteiger partial charge in [-0.3, -0.25) is 0 Å². The van der Waals surface area contributed by atoms with Crippen molar-refractivity contribution < 1.29 is 5.11 Å². The van der Waals surface area contributed by atoms with Crippen LogP contribution in [0.15, 0.2) is 0 Å². The van der Waals surface area contributed by atoms with Crippen LogP contribution < -0.4 is 5.73 Å². The minimum Gasteiger partial charge on any atom is -0.387 e. The zero-order chi connectivity index (χ0) is 14.0. The molecule has 2 heterocycles. The van der Waals surface area contributed by atoms with Gasteiger partial charge in [0.2, 0.25) is 0 Å². The maximum atomic E-state index is 10.6. The minimum absolute atomic E-state index is 0.422. The number of rotatable bonds is 6. The van der Waals surface area contributed by atoms with E-state index in [0.29, 0.717) is 12.5 Å². The molecule has 20 heavy (non-hydrogen) atoms. The first-order valence-electron chi connectivity index (χ1n) is 8.57. The van der Waals surface area contributed by atoms with Gasteiger partial charge < -0.3 is 20.6 Å². The van der Waals surface area contributed by atoms with Crippen molar-refractivity contribution in [2.24, 2.45) is 17.6 Å². The molecule has 3 rings (SSSR count). The molecule has 3 N–H and O–H groups in total. The SMILES string of the molecule is NCC(O)(CN1CCC(CN2CCCC2)CC1)C1CC1. The Morgan fingerprint density at radius 3 is 2.15 bits per heavy atom. The molecule has 0 aromatic rings. The highest BCUT2D eigenvalue weighted by Crippen LogP contribution is 2.40. The molecular weight excluding hydrogens is 250 g/mol. The van der Waals surface area contributed by atoms with Crippen molar-refractivity contribution >= 4 is 0 Å². The zero-order valence-electron chi connectivity index (χ0n) is 12.8. The van der Waals surface area contributed by atoms with Gasteiger partial charge in [0.15, 0.2) is 0 Å². The van der Waals surface area contributed by atoms with E-state index in [1.165, 1.54) is 58.2 Å². The summed E-state index contributed by atoms with van der Waals surface area (Å²) in [6, 6.07) is 0. The van der Waals surface area contributed by atoms with Gasteiger partial charge in [-0.05, 0) is 76.5 Å². The summed E-state index contributed by atoms with van der Waals surface area (Å²) in [4.78, 5) is 5.09. The molecule has 4 heteroatoms. The minimum atomic E-state index is -0.609. The van der Waals surface area contributed by atoms with Crippen LogP contribution in [0.25, 0.3) is 0 Å². The lowest BCUT2D eigenvalue weighted by molar-refractivity contribution is -0.0171. The van der Waals surface area contributed by atoms with Crippen molar-refractivity contribution in [2.75, 3.05) is 45.8 Å². The van der Waals surface area contributed by atoms with Crippen LogP contribution in [0.4, 0.5) is 0 Å². The van der Waals surface area contributed by atoms with Crippen molar-refractivity contribution in [2.45, 2.75) is 44.1 Å². The predicted molar refractivity (Wildman–Crippen MR) is 81.6 cm³/mol. The van der Waals surface area contributed by atoms with Crippen LogP contribution in [-0.2, 0) is 0 Å². The number of aliphatic hydroxyl groups is 1. The lowest BCUT2D eigenvalue weighted by Gasteiger charge is -2.38. The summed E-state index contributed by atoms with van der Waals surface area (Å²) in [5.74, 6) is 1.34. The van der Waals surface area contributed by atoms with Gasteiger partial charge in [-0.15, -0.1) is 0 Å². The topological polar surface area (TPSA) is 52.7 Å². The Hall–Kier alpha value is -0.160. The fourth-order valence-electron chi connectivity index (χ4n) is 4.03. The van der Waals surface area contributed by atoms with E-state index in [9.17, 15) is 5.11 Å². The summed E-state index contributed by atoms with van der Waals surface area (Å²) < 4.78 is 0. The van der Waals surface area contributed by atoms with E-state index in [1.54, 1.807) is 0 Å². The van der Waals surface area contributed by atoms with Gasteiger partial charge in [0.1, 0.15) is 0 Å². The second-order valence-electron chi connectivity index (χ2n) is 7.31. The molecule has 116 valence electrons. The third-order valence-corrected chi connectivity index (χ3v) is 5.61. The summed E-state index contributed by atoms with van der Waals surface area (Å²) in [7, 11) is 0. The first kappa shape index (κ1) is 14.8. The number of nitrogens with two attached hydrogens (primary N) is 1. The Balaban J connectivity index is 1.41. The van der Waals surface area contributed by atoms with Crippen molar-refractivity contribution in [1.82, 2.24) is 9.80 Å². The Bertz CT molecular complexity index is 307. The van der Waals surface area contributed by atoms with E-state index < -0.39 is 5.60 Å². The number of hydrogen-bond donors (Lipinski definition) is 2. The molecule has 3 aliphatic rings. The van der Waals surface area contributed by atoms with E-state index in [4.69, 9.17) is 5.73 Å². The van der Waals surface area contributed by atoms with Crippen LogP contribution >= 0.6 is 0 Å². The highest BCUT2D eigenvalue weighted by atomic mass is 16.3. The van der Waals surface area contributed by atoms with E-state index in [-0.39, 0.29) is 0 Å². The molecule has 4 nitrogen and oxygen atoms in total. The van der Waals surface area contributed by atoms with Crippen LogP contribution in [0.1, 0.15) is 38.5 Å². The average molecular weight is 281 g/mol. The molecule has 0 radical (unpaired) electrons. The molecular formula is C16H31N3O. The Labute approximate surface area is 123 Å². The summed E-state index contributed by atoms with van der Waals surface area (Å²) in [6.07, 6.45) is 7.70. The lowest BCUT2D eigenvalue weighted by Crippen LogP contribution is -2.52. The second-order valence-corrected chi connectivity index (χ2v) is 7.31. The van der Waals surface area contributed by atoms with E-state index >= 15 is 0 Å². The fourth-order valence-corrected chi connectivity index (χ4v) is 4.03. The van der Waals surface area contributed by atoms with Crippen molar-refractivity contribution in [1.29, 1.82) is 0 Å². The van der Waals surface area contributed by atoms with Crippen LogP contribution in [0.2, 0.25) is 0 Å². The Kier molecular flexibility index (Phi) is 4.65. The van der Waals surface area contributed by atoms with E-state index in [2.05, 4.69) is 9.80 Å². The van der Waals surface area contributed by atoms with Crippen LogP contribution in [-0.4, -0.2) is 66.3 Å². The lowest BCUT2D eigenvalue weighted by atomic mass is 9.92. The molecule has 0 bridgehead atoms. The molecule has 1 atom stereocenters. The van der Waals surface area contributed by atoms with Gasteiger partial charge in [0, 0.05) is 19.6 Å². The number of piperidine rings is 1. The van der Waals surface area contributed by atoms with Crippen LogP contribution in [0.3, 0.4) is 0 Å². The highest BCUT2D eigenvalue weighted by Gasteiger charge is 2.44. The van der Waals surface area contributed by atoms with Crippen LogP contribution in [0, 0.1) is 11.8 Å². The summed E-state index contributed by atoms with van der Waals surface area (Å²) >= 11 is 0. The van der Waals surface area contributed by atoms with E-state index in [0.717, 1.165) is 25.6 Å². The van der Waals surface area contributed by atoms with Gasteiger partial charge in [0.05, 0.1) is 5.60 Å². The maximum absolute atomic E-state index is 10.6. The number of nitrogens with zero attached hydrogens (tertiary/aromatic N) is 2. The van der Waals surface area contributed by atoms with Gasteiger partial charge in [-0.1, -0.05) is 0 Å². The van der Waals surface area contributed by atoms with Crippen molar-refractivity contribution in [3.8, 4) is 0 Å². The zero-order valence-corrected chi connectivity index (χ0v) is 12.8. The van der Waals surface area contributed by atoms with E-state index in [1.807, 2.05) is 0 Å². The molecule has 2 aliphatic heterocycles. The summed E-state index contributed by atoms with van der Waals surface area (Å²) in [6.45, 7) is 7.44. The average Bonchev–Trinajstić information content (AvgIpc) is 3.21. The molecule has 2 saturated heterocycles. The van der Waals surface area contributed by atoms with Gasteiger partial charge >= 0.3 is 0 Å². The Morgan fingerprint density at radius 2 is 1.60 bits per heavy atom. The third kappa shape index (κ3) is 3.53. The normalized spacial score (nSPS) is 29.7. The van der Waals surface area contributed by atoms with Gasteiger partial charge in [-0.25, -0.2) is 0 Å². The summed E-state index contributed by atoms with van der Waals surface area (Å²) in [5.41, 5.74) is 5.21. The quantitative estimate of drug-likeness (QED) is 0.759. The largest absolute Gasteiger partial charge is 0.387 e. The first-order valence-corrected chi connectivity index (χ1v) is 8.57. The molecule has 0 amide bonds. The molecule has 0 spiro atoms. The second kappa shape index (κ2) is 6.30. The highest BCUT2D eigenvalue weighted by molar-refractivity contribution is 4.98. The Morgan fingerprint density at radius 1 is 0.950 bits per heavy atom. The van der Waals surface area contributed by atoms with Crippen molar-refractivity contribution in [3.63, 3.8) is 0 Å². The predicted octanol–water partition coefficient (Wildman–Crippen LogP) is 0.894. The van der Waals surface area contributed by atoms with Gasteiger partial charge in [-0.2, -0.15) is 0 Å². The molecule has 0 aromatic carbocycles.